The summed E-state index contributed by atoms with van der Waals surface area (Å²) in [5, 5.41) is 0.648. The molecule has 1 unspecified atom stereocenters. The Bertz CT molecular complexity index is 561. The van der Waals surface area contributed by atoms with E-state index in [0.29, 0.717) is 17.1 Å². The molecule has 0 bridgehead atoms. The molecule has 18 heavy (non-hydrogen) atoms. The first-order valence-electron chi connectivity index (χ1n) is 6.27. The molecule has 0 amide bonds. The van der Waals surface area contributed by atoms with Gasteiger partial charge in [0.15, 0.2) is 0 Å². The summed E-state index contributed by atoms with van der Waals surface area (Å²) in [6.07, 6.45) is 3.65. The van der Waals surface area contributed by atoms with E-state index in [1.165, 1.54) is 0 Å². The first kappa shape index (κ1) is 11.8. The van der Waals surface area contributed by atoms with E-state index in [2.05, 4.69) is 4.98 Å². The van der Waals surface area contributed by atoms with Crippen molar-refractivity contribution >= 4 is 28.6 Å². The normalized spacial score (nSPS) is 19.7. The highest BCUT2D eigenvalue weighted by molar-refractivity contribution is 6.35. The molecule has 1 atom stereocenters. The summed E-state index contributed by atoms with van der Waals surface area (Å²) in [6, 6.07) is 5.76. The van der Waals surface area contributed by atoms with Crippen LogP contribution in [0.2, 0.25) is 5.02 Å². The van der Waals surface area contributed by atoms with Crippen molar-refractivity contribution < 1.29 is 4.74 Å². The molecule has 0 aliphatic carbocycles. The lowest BCUT2D eigenvalue weighted by molar-refractivity contribution is 0.101. The number of nitrogens with two attached hydrogens (primary N) is 1. The Labute approximate surface area is 111 Å². The van der Waals surface area contributed by atoms with E-state index >= 15 is 0 Å². The van der Waals surface area contributed by atoms with E-state index in [9.17, 15) is 0 Å². The van der Waals surface area contributed by atoms with Gasteiger partial charge in [-0.05, 0) is 31.4 Å². The van der Waals surface area contributed by atoms with Gasteiger partial charge >= 0.3 is 0 Å². The van der Waals surface area contributed by atoms with E-state index in [4.69, 9.17) is 22.1 Å². The number of rotatable bonds is 3. The van der Waals surface area contributed by atoms with Gasteiger partial charge in [0, 0.05) is 13.2 Å². The fraction of sp³-hybridized carbons (Fsp3) is 0.462. The van der Waals surface area contributed by atoms with E-state index in [1.54, 1.807) is 0 Å². The van der Waals surface area contributed by atoms with Crippen molar-refractivity contribution in [3.8, 4) is 0 Å². The molecule has 2 aromatic rings. The fourth-order valence-corrected chi connectivity index (χ4v) is 2.72. The summed E-state index contributed by atoms with van der Waals surface area (Å²) in [7, 11) is 0. The van der Waals surface area contributed by atoms with Gasteiger partial charge in [0.05, 0.1) is 16.6 Å². The number of ether oxygens (including phenoxy) is 1. The maximum absolute atomic E-state index is 6.11. The zero-order valence-electron chi connectivity index (χ0n) is 10.1. The van der Waals surface area contributed by atoms with Crippen LogP contribution in [0.5, 0.6) is 0 Å². The first-order valence-corrected chi connectivity index (χ1v) is 6.65. The minimum absolute atomic E-state index is 0.362. The smallest absolute Gasteiger partial charge is 0.201 e. The standard InChI is InChI=1S/C13H16ClN3O/c14-10-4-1-5-11-12(10)16-13(15)17(11)7-6-9-3-2-8-18-9/h1,4-5,9H,2-3,6-8H2,(H2,15,16). The van der Waals surface area contributed by atoms with E-state index in [0.717, 1.165) is 43.4 Å². The molecule has 2 heterocycles. The lowest BCUT2D eigenvalue weighted by atomic mass is 10.2. The molecule has 1 saturated heterocycles. The average molecular weight is 266 g/mol. The maximum Gasteiger partial charge on any atom is 0.201 e. The van der Waals surface area contributed by atoms with Crippen LogP contribution < -0.4 is 5.73 Å². The Morgan fingerprint density at radius 3 is 3.17 bits per heavy atom. The molecule has 0 spiro atoms. The van der Waals surface area contributed by atoms with Crippen molar-refractivity contribution in [1.82, 2.24) is 9.55 Å². The van der Waals surface area contributed by atoms with Crippen molar-refractivity contribution in [2.75, 3.05) is 12.3 Å². The number of nitrogens with zero attached hydrogens (tertiary/aromatic N) is 2. The van der Waals surface area contributed by atoms with Gasteiger partial charge in [-0.3, -0.25) is 0 Å². The van der Waals surface area contributed by atoms with Crippen LogP contribution in [0.1, 0.15) is 19.3 Å². The lowest BCUT2D eigenvalue weighted by Crippen LogP contribution is -2.11. The van der Waals surface area contributed by atoms with Crippen molar-refractivity contribution in [3.63, 3.8) is 0 Å². The van der Waals surface area contributed by atoms with Crippen LogP contribution in [-0.4, -0.2) is 22.3 Å². The van der Waals surface area contributed by atoms with Gasteiger partial charge in [0.1, 0.15) is 5.52 Å². The summed E-state index contributed by atoms with van der Waals surface area (Å²) >= 11 is 6.11. The molecular weight excluding hydrogens is 250 g/mol. The second kappa shape index (κ2) is 4.78. The zero-order chi connectivity index (χ0) is 12.5. The predicted octanol–water partition coefficient (Wildman–Crippen LogP) is 2.84. The Morgan fingerprint density at radius 2 is 2.39 bits per heavy atom. The summed E-state index contributed by atoms with van der Waals surface area (Å²) in [5.74, 6) is 0.524. The Balaban J connectivity index is 1.86. The third kappa shape index (κ3) is 2.06. The molecular formula is C13H16ClN3O. The Kier molecular flexibility index (Phi) is 3.14. The highest BCUT2D eigenvalue weighted by Crippen LogP contribution is 2.26. The SMILES string of the molecule is Nc1nc2c(Cl)cccc2n1CCC1CCCO1. The third-order valence-corrected chi connectivity index (χ3v) is 3.76. The number of imidazole rings is 1. The summed E-state index contributed by atoms with van der Waals surface area (Å²) in [4.78, 5) is 4.33. The molecule has 96 valence electrons. The van der Waals surface area contributed by atoms with E-state index in [1.807, 2.05) is 22.8 Å². The van der Waals surface area contributed by atoms with Crippen LogP contribution in [0.15, 0.2) is 18.2 Å². The van der Waals surface area contributed by atoms with E-state index < -0.39 is 0 Å². The van der Waals surface area contributed by atoms with Crippen molar-refractivity contribution in [1.29, 1.82) is 0 Å². The molecule has 1 aliphatic heterocycles. The number of anilines is 1. The van der Waals surface area contributed by atoms with Crippen molar-refractivity contribution in [3.05, 3.63) is 23.2 Å². The van der Waals surface area contributed by atoms with Gasteiger partial charge < -0.3 is 15.0 Å². The molecule has 0 radical (unpaired) electrons. The molecule has 0 saturated carbocycles. The molecule has 4 nitrogen and oxygen atoms in total. The van der Waals surface area contributed by atoms with Gasteiger partial charge in [-0.15, -0.1) is 0 Å². The minimum Gasteiger partial charge on any atom is -0.378 e. The van der Waals surface area contributed by atoms with Crippen molar-refractivity contribution in [2.24, 2.45) is 0 Å². The molecule has 3 rings (SSSR count). The molecule has 1 aliphatic rings. The van der Waals surface area contributed by atoms with Crippen LogP contribution in [0.25, 0.3) is 11.0 Å². The fourth-order valence-electron chi connectivity index (χ4n) is 2.51. The first-order chi connectivity index (χ1) is 8.75. The monoisotopic (exact) mass is 265 g/mol. The van der Waals surface area contributed by atoms with E-state index in [-0.39, 0.29) is 0 Å². The maximum atomic E-state index is 6.11. The second-order valence-electron chi connectivity index (χ2n) is 4.65. The van der Waals surface area contributed by atoms with Crippen LogP contribution in [-0.2, 0) is 11.3 Å². The average Bonchev–Trinajstić information content (AvgIpc) is 2.95. The van der Waals surface area contributed by atoms with Gasteiger partial charge in [0.25, 0.3) is 0 Å². The summed E-state index contributed by atoms with van der Waals surface area (Å²) < 4.78 is 7.64. The van der Waals surface area contributed by atoms with Crippen molar-refractivity contribution in [2.45, 2.75) is 31.9 Å². The molecule has 5 heteroatoms. The Hall–Kier alpha value is -1.26. The number of para-hydroxylation sites is 1. The Morgan fingerprint density at radius 1 is 1.50 bits per heavy atom. The van der Waals surface area contributed by atoms with Gasteiger partial charge in [-0.1, -0.05) is 17.7 Å². The molecule has 1 fully saturated rings. The van der Waals surface area contributed by atoms with Crippen LogP contribution in [0.3, 0.4) is 0 Å². The molecule has 1 aromatic carbocycles. The van der Waals surface area contributed by atoms with Crippen LogP contribution in [0.4, 0.5) is 5.95 Å². The van der Waals surface area contributed by atoms with Gasteiger partial charge in [-0.25, -0.2) is 4.98 Å². The number of hydrogen-bond acceptors (Lipinski definition) is 3. The predicted molar refractivity (Wildman–Crippen MR) is 72.7 cm³/mol. The number of hydrogen-bond donors (Lipinski definition) is 1. The lowest BCUT2D eigenvalue weighted by Gasteiger charge is -2.11. The van der Waals surface area contributed by atoms with Gasteiger partial charge in [-0.2, -0.15) is 0 Å². The minimum atomic E-state index is 0.362. The molecule has 1 aromatic heterocycles. The third-order valence-electron chi connectivity index (χ3n) is 3.46. The summed E-state index contributed by atoms with van der Waals surface area (Å²) in [5.41, 5.74) is 7.74. The topological polar surface area (TPSA) is 53.1 Å². The number of halogens is 1. The number of nitrogen functional groups attached to an aromatic ring is 1. The number of aryl methyl sites for hydroxylation is 1. The number of aromatic nitrogens is 2. The zero-order valence-corrected chi connectivity index (χ0v) is 10.9. The largest absolute Gasteiger partial charge is 0.378 e. The quantitative estimate of drug-likeness (QED) is 0.928. The number of benzene rings is 1. The van der Waals surface area contributed by atoms with Crippen LogP contribution in [0, 0.1) is 0 Å². The molecule has 2 N–H and O–H groups in total. The highest BCUT2D eigenvalue weighted by atomic mass is 35.5. The second-order valence-corrected chi connectivity index (χ2v) is 5.06. The number of fused-ring (bicyclic) bond motifs is 1. The summed E-state index contributed by atoms with van der Waals surface area (Å²) in [6.45, 7) is 1.71. The van der Waals surface area contributed by atoms with Crippen LogP contribution >= 0.6 is 11.6 Å². The highest BCUT2D eigenvalue weighted by Gasteiger charge is 2.17. The van der Waals surface area contributed by atoms with Gasteiger partial charge in [0.2, 0.25) is 5.95 Å².